The van der Waals surface area contributed by atoms with Crippen LogP contribution in [0.2, 0.25) is 0 Å². The maximum Gasteiger partial charge on any atom is 0.352 e. The number of aromatic nitrogens is 4. The summed E-state index contributed by atoms with van der Waals surface area (Å²) in [5.41, 5.74) is 2.37. The van der Waals surface area contributed by atoms with Crippen molar-refractivity contribution in [1.82, 2.24) is 19.1 Å². The molecule has 0 amide bonds. The van der Waals surface area contributed by atoms with Gasteiger partial charge in [0.2, 0.25) is 5.95 Å². The topological polar surface area (TPSA) is 102 Å². The smallest absolute Gasteiger partial charge is 0.352 e. The third-order valence-electron chi connectivity index (χ3n) is 4.44. The van der Waals surface area contributed by atoms with Gasteiger partial charge in [0, 0.05) is 24.7 Å². The van der Waals surface area contributed by atoms with Crippen LogP contribution in [0.5, 0.6) is 0 Å². The Morgan fingerprint density at radius 1 is 1.11 bits per heavy atom. The molecule has 0 fully saturated rings. The molecule has 28 heavy (non-hydrogen) atoms. The van der Waals surface area contributed by atoms with E-state index in [1.54, 1.807) is 19.3 Å². The number of pyridine rings is 1. The number of benzene rings is 1. The number of aromatic carboxylic acids is 1. The second kappa shape index (κ2) is 6.66. The normalized spacial score (nSPS) is 10.9. The van der Waals surface area contributed by atoms with Crippen LogP contribution in [0.4, 0.5) is 11.6 Å². The van der Waals surface area contributed by atoms with E-state index < -0.39 is 5.97 Å². The quantitative estimate of drug-likeness (QED) is 0.569. The van der Waals surface area contributed by atoms with Gasteiger partial charge in [-0.2, -0.15) is 4.98 Å². The number of nitrogens with zero attached hydrogens (tertiary/aromatic N) is 4. The minimum absolute atomic E-state index is 0.140. The number of aryl methyl sites for hydroxylation is 2. The van der Waals surface area contributed by atoms with Gasteiger partial charge in [0.25, 0.3) is 5.56 Å². The summed E-state index contributed by atoms with van der Waals surface area (Å²) in [7, 11) is 1.65. The Bertz CT molecular complexity index is 1260. The first kappa shape index (κ1) is 17.5. The number of para-hydroxylation sites is 1. The van der Waals surface area contributed by atoms with Crippen LogP contribution in [-0.2, 0) is 7.05 Å². The standard InChI is InChI=1S/C20H17N5O3/c1-12-15-8-9-17(26)25(14-6-4-3-5-7-14)18(15)23-20(21-12)22-13-10-16(19(27)28)24(2)11-13/h3-11H,1-2H3,(H,27,28)(H,21,22,23). The maximum atomic E-state index is 12.6. The van der Waals surface area contributed by atoms with Gasteiger partial charge in [-0.1, -0.05) is 18.2 Å². The van der Waals surface area contributed by atoms with Gasteiger partial charge >= 0.3 is 5.97 Å². The van der Waals surface area contributed by atoms with Crippen LogP contribution in [0.15, 0.2) is 59.5 Å². The van der Waals surface area contributed by atoms with E-state index in [1.165, 1.54) is 21.3 Å². The fourth-order valence-electron chi connectivity index (χ4n) is 3.12. The Morgan fingerprint density at radius 3 is 2.54 bits per heavy atom. The number of rotatable bonds is 4. The van der Waals surface area contributed by atoms with Gasteiger partial charge in [0.1, 0.15) is 5.69 Å². The summed E-state index contributed by atoms with van der Waals surface area (Å²) >= 11 is 0. The molecule has 0 radical (unpaired) electrons. The fourth-order valence-corrected chi connectivity index (χ4v) is 3.12. The van der Waals surface area contributed by atoms with Crippen molar-refractivity contribution in [2.75, 3.05) is 5.32 Å². The highest BCUT2D eigenvalue weighted by molar-refractivity contribution is 5.88. The largest absolute Gasteiger partial charge is 0.477 e. The minimum atomic E-state index is -1.02. The van der Waals surface area contributed by atoms with E-state index in [4.69, 9.17) is 0 Å². The molecule has 3 heterocycles. The Morgan fingerprint density at radius 2 is 1.86 bits per heavy atom. The Labute approximate surface area is 159 Å². The van der Waals surface area contributed by atoms with Crippen LogP contribution >= 0.6 is 0 Å². The van der Waals surface area contributed by atoms with Crippen LogP contribution < -0.4 is 10.9 Å². The van der Waals surface area contributed by atoms with Gasteiger partial charge in [-0.3, -0.25) is 9.36 Å². The van der Waals surface area contributed by atoms with Crippen molar-refractivity contribution in [3.8, 4) is 5.69 Å². The third kappa shape index (κ3) is 3.01. The average Bonchev–Trinajstić information content (AvgIpc) is 3.02. The van der Waals surface area contributed by atoms with Crippen molar-refractivity contribution in [2.24, 2.45) is 7.05 Å². The highest BCUT2D eigenvalue weighted by atomic mass is 16.4. The summed E-state index contributed by atoms with van der Waals surface area (Å²) < 4.78 is 3.03. The molecular formula is C20H17N5O3. The Balaban J connectivity index is 1.87. The maximum absolute atomic E-state index is 12.6. The summed E-state index contributed by atoms with van der Waals surface area (Å²) in [6.45, 7) is 1.84. The predicted molar refractivity (Wildman–Crippen MR) is 106 cm³/mol. The molecule has 0 bridgehead atoms. The number of nitrogens with one attached hydrogen (secondary N) is 1. The second-order valence-electron chi connectivity index (χ2n) is 6.37. The number of carbonyl (C=O) groups is 1. The molecule has 3 aromatic heterocycles. The van der Waals surface area contributed by atoms with E-state index in [1.807, 2.05) is 37.3 Å². The number of fused-ring (bicyclic) bond motifs is 1. The lowest BCUT2D eigenvalue weighted by Crippen LogP contribution is -2.19. The lowest BCUT2D eigenvalue weighted by Gasteiger charge is -2.12. The zero-order valence-electron chi connectivity index (χ0n) is 15.2. The Hall–Kier alpha value is -3.94. The first-order valence-electron chi connectivity index (χ1n) is 8.56. The SMILES string of the molecule is Cc1nc(Nc2cc(C(=O)O)n(C)c2)nc2c1ccc(=O)n2-c1ccccc1. The summed E-state index contributed by atoms with van der Waals surface area (Å²) in [4.78, 5) is 32.8. The molecule has 0 saturated heterocycles. The van der Waals surface area contributed by atoms with Crippen molar-refractivity contribution in [1.29, 1.82) is 0 Å². The average molecular weight is 375 g/mol. The first-order valence-corrected chi connectivity index (χ1v) is 8.56. The van der Waals surface area contributed by atoms with E-state index in [0.29, 0.717) is 22.7 Å². The molecule has 8 heteroatoms. The number of carboxylic acids is 1. The molecule has 0 aliphatic carbocycles. The number of hydrogen-bond donors (Lipinski definition) is 2. The Kier molecular flexibility index (Phi) is 4.15. The van der Waals surface area contributed by atoms with Crippen LogP contribution in [0.3, 0.4) is 0 Å². The molecule has 140 valence electrons. The summed E-state index contributed by atoms with van der Waals surface area (Å²) in [5, 5.41) is 13.0. The van der Waals surface area contributed by atoms with E-state index >= 15 is 0 Å². The molecule has 0 atom stereocenters. The van der Waals surface area contributed by atoms with Gasteiger partial charge in [-0.05, 0) is 31.2 Å². The predicted octanol–water partition coefficient (Wildman–Crippen LogP) is 2.87. The van der Waals surface area contributed by atoms with Crippen LogP contribution in [0, 0.1) is 6.92 Å². The third-order valence-corrected chi connectivity index (χ3v) is 4.44. The first-order chi connectivity index (χ1) is 13.4. The zero-order valence-corrected chi connectivity index (χ0v) is 15.2. The van der Waals surface area contributed by atoms with Crippen molar-refractivity contribution in [3.05, 3.63) is 76.5 Å². The molecule has 0 unspecified atom stereocenters. The van der Waals surface area contributed by atoms with Crippen molar-refractivity contribution < 1.29 is 9.90 Å². The molecule has 0 spiro atoms. The van der Waals surface area contributed by atoms with Crippen molar-refractivity contribution in [3.63, 3.8) is 0 Å². The molecule has 0 aliphatic heterocycles. The van der Waals surface area contributed by atoms with Gasteiger partial charge in [0.05, 0.1) is 17.1 Å². The van der Waals surface area contributed by atoms with Crippen LogP contribution in [0.25, 0.3) is 16.7 Å². The highest BCUT2D eigenvalue weighted by Crippen LogP contribution is 2.22. The van der Waals surface area contributed by atoms with Crippen molar-refractivity contribution in [2.45, 2.75) is 6.92 Å². The molecular weight excluding hydrogens is 358 g/mol. The van der Waals surface area contributed by atoms with E-state index in [2.05, 4.69) is 15.3 Å². The van der Waals surface area contributed by atoms with Gasteiger partial charge in [-0.15, -0.1) is 0 Å². The highest BCUT2D eigenvalue weighted by Gasteiger charge is 2.14. The minimum Gasteiger partial charge on any atom is -0.477 e. The van der Waals surface area contributed by atoms with Gasteiger partial charge in [-0.25, -0.2) is 9.78 Å². The number of carboxylic acid groups (broad SMARTS) is 1. The number of anilines is 2. The van der Waals surface area contributed by atoms with E-state index in [-0.39, 0.29) is 17.2 Å². The van der Waals surface area contributed by atoms with Crippen LogP contribution in [0.1, 0.15) is 16.2 Å². The molecule has 0 aliphatic rings. The monoisotopic (exact) mass is 375 g/mol. The molecule has 8 nitrogen and oxygen atoms in total. The molecule has 4 aromatic rings. The second-order valence-corrected chi connectivity index (χ2v) is 6.37. The number of hydrogen-bond acceptors (Lipinski definition) is 5. The zero-order chi connectivity index (χ0) is 19.8. The lowest BCUT2D eigenvalue weighted by molar-refractivity contribution is 0.0686. The summed E-state index contributed by atoms with van der Waals surface area (Å²) in [5.74, 6) is -0.744. The lowest BCUT2D eigenvalue weighted by atomic mass is 10.2. The molecule has 2 N–H and O–H groups in total. The van der Waals surface area contributed by atoms with Gasteiger partial charge < -0.3 is 15.0 Å². The molecule has 4 rings (SSSR count). The van der Waals surface area contributed by atoms with Crippen molar-refractivity contribution >= 4 is 28.6 Å². The molecule has 1 aromatic carbocycles. The van der Waals surface area contributed by atoms with E-state index in [9.17, 15) is 14.7 Å². The summed E-state index contributed by atoms with van der Waals surface area (Å²) in [6, 6.07) is 14.0. The molecule has 0 saturated carbocycles. The fraction of sp³-hybridized carbons (Fsp3) is 0.100. The van der Waals surface area contributed by atoms with E-state index in [0.717, 1.165) is 5.39 Å². The van der Waals surface area contributed by atoms with Crippen LogP contribution in [-0.4, -0.2) is 30.2 Å². The van der Waals surface area contributed by atoms with Gasteiger partial charge in [0.15, 0.2) is 5.65 Å². The summed E-state index contributed by atoms with van der Waals surface area (Å²) in [6.07, 6.45) is 1.64.